The molecule has 0 amide bonds. The molecule has 2 aromatic rings. The van der Waals surface area contributed by atoms with Crippen LogP contribution < -0.4 is 0 Å². The number of hydrogen-bond acceptors (Lipinski definition) is 3. The van der Waals surface area contributed by atoms with E-state index < -0.39 is 0 Å². The molecule has 0 saturated heterocycles. The zero-order chi connectivity index (χ0) is 11.8. The SMILES string of the molecule is Cn1cc(Cn2ccc(C(O)C3CC3)c2)nn1. The first kappa shape index (κ1) is 10.5. The van der Waals surface area contributed by atoms with E-state index >= 15 is 0 Å². The van der Waals surface area contributed by atoms with Gasteiger partial charge in [0.2, 0.25) is 0 Å². The van der Waals surface area contributed by atoms with Crippen LogP contribution in [-0.4, -0.2) is 24.7 Å². The summed E-state index contributed by atoms with van der Waals surface area (Å²) >= 11 is 0. The van der Waals surface area contributed by atoms with Crippen LogP contribution in [0.1, 0.15) is 30.2 Å². The minimum absolute atomic E-state index is 0.293. The molecule has 2 heterocycles. The molecule has 5 nitrogen and oxygen atoms in total. The average molecular weight is 232 g/mol. The summed E-state index contributed by atoms with van der Waals surface area (Å²) in [6, 6.07) is 1.99. The van der Waals surface area contributed by atoms with Crippen molar-refractivity contribution in [3.63, 3.8) is 0 Å². The molecule has 1 N–H and O–H groups in total. The lowest BCUT2D eigenvalue weighted by Gasteiger charge is -2.05. The molecule has 1 fully saturated rings. The van der Waals surface area contributed by atoms with Crippen LogP contribution >= 0.6 is 0 Å². The molecule has 2 aromatic heterocycles. The molecule has 5 heteroatoms. The highest BCUT2D eigenvalue weighted by Crippen LogP contribution is 2.40. The zero-order valence-corrected chi connectivity index (χ0v) is 9.82. The van der Waals surface area contributed by atoms with Crippen molar-refractivity contribution < 1.29 is 5.11 Å². The van der Waals surface area contributed by atoms with Crippen LogP contribution in [0.5, 0.6) is 0 Å². The maximum atomic E-state index is 10.00. The Hall–Kier alpha value is -1.62. The molecule has 1 unspecified atom stereocenters. The first-order valence-electron chi connectivity index (χ1n) is 5.91. The van der Waals surface area contributed by atoms with E-state index in [0.29, 0.717) is 12.5 Å². The van der Waals surface area contributed by atoms with E-state index in [1.54, 1.807) is 4.68 Å². The quantitative estimate of drug-likeness (QED) is 0.859. The van der Waals surface area contributed by atoms with Gasteiger partial charge in [0.25, 0.3) is 0 Å². The van der Waals surface area contributed by atoms with Crippen molar-refractivity contribution in [1.29, 1.82) is 0 Å². The number of rotatable bonds is 4. The van der Waals surface area contributed by atoms with Gasteiger partial charge in [-0.15, -0.1) is 5.10 Å². The fourth-order valence-electron chi connectivity index (χ4n) is 2.07. The van der Waals surface area contributed by atoms with Crippen molar-refractivity contribution in [2.45, 2.75) is 25.5 Å². The summed E-state index contributed by atoms with van der Waals surface area (Å²) in [6.07, 6.45) is 7.88. The Labute approximate surface area is 99.7 Å². The second-order valence-electron chi connectivity index (χ2n) is 4.78. The van der Waals surface area contributed by atoms with Gasteiger partial charge in [0.15, 0.2) is 0 Å². The van der Waals surface area contributed by atoms with E-state index in [1.807, 2.05) is 36.3 Å². The highest BCUT2D eigenvalue weighted by molar-refractivity contribution is 5.16. The van der Waals surface area contributed by atoms with Gasteiger partial charge in [-0.2, -0.15) is 0 Å². The van der Waals surface area contributed by atoms with E-state index in [4.69, 9.17) is 0 Å². The van der Waals surface area contributed by atoms with Crippen LogP contribution in [-0.2, 0) is 13.6 Å². The summed E-state index contributed by atoms with van der Waals surface area (Å²) in [5.74, 6) is 0.474. The molecule has 1 atom stereocenters. The largest absolute Gasteiger partial charge is 0.388 e. The van der Waals surface area contributed by atoms with E-state index in [-0.39, 0.29) is 6.10 Å². The third-order valence-electron chi connectivity index (χ3n) is 3.18. The smallest absolute Gasteiger partial charge is 0.102 e. The van der Waals surface area contributed by atoms with Gasteiger partial charge in [-0.05, 0) is 30.4 Å². The molecule has 0 aliphatic heterocycles. The van der Waals surface area contributed by atoms with Crippen molar-refractivity contribution in [3.8, 4) is 0 Å². The van der Waals surface area contributed by atoms with Gasteiger partial charge >= 0.3 is 0 Å². The van der Waals surface area contributed by atoms with Crippen molar-refractivity contribution in [3.05, 3.63) is 35.9 Å². The zero-order valence-electron chi connectivity index (χ0n) is 9.82. The number of nitrogens with zero attached hydrogens (tertiary/aromatic N) is 4. The summed E-state index contributed by atoms with van der Waals surface area (Å²) in [7, 11) is 1.86. The molecule has 17 heavy (non-hydrogen) atoms. The van der Waals surface area contributed by atoms with Crippen molar-refractivity contribution in [1.82, 2.24) is 19.6 Å². The lowest BCUT2D eigenvalue weighted by molar-refractivity contribution is 0.154. The van der Waals surface area contributed by atoms with Crippen LogP contribution in [0.15, 0.2) is 24.7 Å². The number of aliphatic hydroxyl groups is 1. The van der Waals surface area contributed by atoms with Gasteiger partial charge in [0.05, 0.1) is 12.6 Å². The molecule has 0 radical (unpaired) electrons. The summed E-state index contributed by atoms with van der Waals surface area (Å²) in [5.41, 5.74) is 1.94. The van der Waals surface area contributed by atoms with Gasteiger partial charge in [-0.25, -0.2) is 0 Å². The number of aryl methyl sites for hydroxylation is 1. The Morgan fingerprint density at radius 1 is 1.47 bits per heavy atom. The van der Waals surface area contributed by atoms with Crippen LogP contribution in [0.3, 0.4) is 0 Å². The number of aliphatic hydroxyl groups excluding tert-OH is 1. The molecular formula is C12H16N4O. The van der Waals surface area contributed by atoms with Crippen LogP contribution in [0.25, 0.3) is 0 Å². The average Bonchev–Trinajstić information content (AvgIpc) is 2.93. The monoisotopic (exact) mass is 232 g/mol. The molecule has 3 rings (SSSR count). The molecule has 1 aliphatic carbocycles. The Balaban J connectivity index is 1.71. The molecular weight excluding hydrogens is 216 g/mol. The number of hydrogen-bond donors (Lipinski definition) is 1. The Morgan fingerprint density at radius 2 is 2.29 bits per heavy atom. The summed E-state index contributed by atoms with van der Waals surface area (Å²) in [6.45, 7) is 0.700. The molecule has 1 aliphatic rings. The van der Waals surface area contributed by atoms with E-state index in [0.717, 1.165) is 24.1 Å². The normalized spacial score (nSPS) is 17.3. The Bertz CT molecular complexity index is 512. The molecule has 0 bridgehead atoms. The second kappa shape index (κ2) is 4.00. The topological polar surface area (TPSA) is 55.9 Å². The minimum Gasteiger partial charge on any atom is -0.388 e. The fraction of sp³-hybridized carbons (Fsp3) is 0.500. The van der Waals surface area contributed by atoms with Crippen LogP contribution in [0, 0.1) is 5.92 Å². The molecule has 0 spiro atoms. The minimum atomic E-state index is -0.293. The Morgan fingerprint density at radius 3 is 2.94 bits per heavy atom. The predicted octanol–water partition coefficient (Wildman–Crippen LogP) is 1.11. The highest BCUT2D eigenvalue weighted by Gasteiger charge is 2.31. The summed E-state index contributed by atoms with van der Waals surface area (Å²) in [4.78, 5) is 0. The van der Waals surface area contributed by atoms with Gasteiger partial charge in [0.1, 0.15) is 5.69 Å². The van der Waals surface area contributed by atoms with Gasteiger partial charge in [-0.3, -0.25) is 4.68 Å². The van der Waals surface area contributed by atoms with Gasteiger partial charge in [-0.1, -0.05) is 5.21 Å². The summed E-state index contributed by atoms with van der Waals surface area (Å²) < 4.78 is 3.73. The standard InChI is InChI=1S/C12H16N4O/c1-15-7-11(13-14-15)8-16-5-4-10(6-16)12(17)9-2-3-9/h4-7,9,12,17H,2-3,8H2,1H3. The van der Waals surface area contributed by atoms with E-state index in [2.05, 4.69) is 10.3 Å². The maximum absolute atomic E-state index is 10.00. The second-order valence-corrected chi connectivity index (χ2v) is 4.78. The molecule has 1 saturated carbocycles. The van der Waals surface area contributed by atoms with E-state index in [9.17, 15) is 5.11 Å². The lowest BCUT2D eigenvalue weighted by atomic mass is 10.1. The van der Waals surface area contributed by atoms with Crippen molar-refractivity contribution >= 4 is 0 Å². The van der Waals surface area contributed by atoms with Crippen molar-refractivity contribution in [2.75, 3.05) is 0 Å². The van der Waals surface area contributed by atoms with Gasteiger partial charge < -0.3 is 9.67 Å². The third-order valence-corrected chi connectivity index (χ3v) is 3.18. The third kappa shape index (κ3) is 2.24. The van der Waals surface area contributed by atoms with E-state index in [1.165, 1.54) is 0 Å². The maximum Gasteiger partial charge on any atom is 0.102 e. The van der Waals surface area contributed by atoms with Crippen LogP contribution in [0.4, 0.5) is 0 Å². The number of aromatic nitrogens is 4. The highest BCUT2D eigenvalue weighted by atomic mass is 16.3. The fourth-order valence-corrected chi connectivity index (χ4v) is 2.07. The lowest BCUT2D eigenvalue weighted by Crippen LogP contribution is -2.00. The first-order chi connectivity index (χ1) is 8.22. The van der Waals surface area contributed by atoms with Crippen LogP contribution in [0.2, 0.25) is 0 Å². The van der Waals surface area contributed by atoms with Gasteiger partial charge in [0, 0.05) is 25.6 Å². The predicted molar refractivity (Wildman–Crippen MR) is 62.2 cm³/mol. The van der Waals surface area contributed by atoms with Crippen molar-refractivity contribution in [2.24, 2.45) is 13.0 Å². The first-order valence-corrected chi connectivity index (χ1v) is 5.91. The Kier molecular flexibility index (Phi) is 2.48. The molecule has 0 aromatic carbocycles. The summed E-state index contributed by atoms with van der Waals surface area (Å²) in [5, 5.41) is 17.9. The molecule has 90 valence electrons.